The van der Waals surface area contributed by atoms with Crippen LogP contribution in [0.3, 0.4) is 0 Å². The van der Waals surface area contributed by atoms with E-state index < -0.39 is 0 Å². The molecule has 0 bridgehead atoms. The Morgan fingerprint density at radius 2 is 2.26 bits per heavy atom. The first kappa shape index (κ1) is 14.2. The third-order valence-corrected chi connectivity index (χ3v) is 4.00. The fourth-order valence-corrected chi connectivity index (χ4v) is 2.85. The summed E-state index contributed by atoms with van der Waals surface area (Å²) in [7, 11) is 0. The van der Waals surface area contributed by atoms with E-state index in [4.69, 9.17) is 10.6 Å². The van der Waals surface area contributed by atoms with Gasteiger partial charge in [0.05, 0.1) is 19.1 Å². The number of likely N-dealkylation sites (tertiary alicyclic amines) is 1. The van der Waals surface area contributed by atoms with Crippen molar-refractivity contribution in [2.45, 2.75) is 26.3 Å². The molecule has 3 N–H and O–H groups in total. The quantitative estimate of drug-likeness (QED) is 0.465. The highest BCUT2D eigenvalue weighted by molar-refractivity contribution is 7.15. The number of nitrogens with one attached hydrogen (secondary N) is 1. The van der Waals surface area contributed by atoms with Crippen molar-refractivity contribution in [3.05, 3.63) is 5.01 Å². The first-order valence-corrected chi connectivity index (χ1v) is 7.22. The zero-order valence-corrected chi connectivity index (χ0v) is 11.8. The molecule has 0 aromatic carbocycles. The Morgan fingerprint density at radius 3 is 2.84 bits per heavy atom. The fraction of sp³-hybridized carbons (Fsp3) is 0.727. The number of aromatic nitrogens is 2. The number of carbonyl (C=O) groups excluding carboxylic acids is 1. The first-order valence-electron chi connectivity index (χ1n) is 6.41. The summed E-state index contributed by atoms with van der Waals surface area (Å²) in [6, 6.07) is 0. The molecule has 1 fully saturated rings. The second-order valence-corrected chi connectivity index (χ2v) is 5.51. The molecule has 19 heavy (non-hydrogen) atoms. The smallest absolute Gasteiger partial charge is 0.309 e. The van der Waals surface area contributed by atoms with Gasteiger partial charge in [0.1, 0.15) is 5.01 Å². The maximum absolute atomic E-state index is 11.6. The average Bonchev–Trinajstić information content (AvgIpc) is 2.87. The van der Waals surface area contributed by atoms with Crippen LogP contribution in [-0.4, -0.2) is 40.8 Å². The number of ether oxygens (including phenoxy) is 1. The lowest BCUT2D eigenvalue weighted by molar-refractivity contribution is -0.149. The highest BCUT2D eigenvalue weighted by atomic mass is 32.1. The largest absolute Gasteiger partial charge is 0.466 e. The zero-order chi connectivity index (χ0) is 13.7. The van der Waals surface area contributed by atoms with Crippen molar-refractivity contribution in [1.82, 2.24) is 15.1 Å². The second-order valence-electron chi connectivity index (χ2n) is 4.45. The summed E-state index contributed by atoms with van der Waals surface area (Å²) in [6.45, 7) is 4.82. The van der Waals surface area contributed by atoms with E-state index in [1.165, 1.54) is 11.3 Å². The van der Waals surface area contributed by atoms with Crippen molar-refractivity contribution >= 4 is 22.4 Å². The normalized spacial score (nSPS) is 17.4. The third-order valence-electron chi connectivity index (χ3n) is 3.16. The fourth-order valence-electron chi connectivity index (χ4n) is 2.15. The molecule has 1 aliphatic heterocycles. The van der Waals surface area contributed by atoms with Gasteiger partial charge in [-0.1, -0.05) is 11.3 Å². The van der Waals surface area contributed by atoms with Gasteiger partial charge >= 0.3 is 5.97 Å². The minimum Gasteiger partial charge on any atom is -0.466 e. The Morgan fingerprint density at radius 1 is 1.53 bits per heavy atom. The summed E-state index contributed by atoms with van der Waals surface area (Å²) in [5, 5.41) is 9.51. The highest BCUT2D eigenvalue weighted by Gasteiger charge is 2.26. The summed E-state index contributed by atoms with van der Waals surface area (Å²) < 4.78 is 5.05. The number of piperidine rings is 1. The van der Waals surface area contributed by atoms with Gasteiger partial charge in [-0.25, -0.2) is 5.84 Å². The maximum atomic E-state index is 11.6. The van der Waals surface area contributed by atoms with Crippen LogP contribution in [0.4, 0.5) is 5.13 Å². The molecule has 1 aromatic rings. The van der Waals surface area contributed by atoms with Crippen LogP contribution in [0.1, 0.15) is 24.8 Å². The Balaban J connectivity index is 1.78. The van der Waals surface area contributed by atoms with Crippen LogP contribution in [0, 0.1) is 5.92 Å². The highest BCUT2D eigenvalue weighted by Crippen LogP contribution is 2.22. The van der Waals surface area contributed by atoms with E-state index in [1.807, 2.05) is 6.92 Å². The lowest BCUT2D eigenvalue weighted by Crippen LogP contribution is -2.36. The Kier molecular flexibility index (Phi) is 5.06. The number of hydrogen-bond donors (Lipinski definition) is 2. The summed E-state index contributed by atoms with van der Waals surface area (Å²) in [4.78, 5) is 13.9. The predicted molar refractivity (Wildman–Crippen MR) is 72.4 cm³/mol. The summed E-state index contributed by atoms with van der Waals surface area (Å²) in [5.74, 6) is 5.25. The van der Waals surface area contributed by atoms with E-state index in [9.17, 15) is 4.79 Å². The number of hydrazine groups is 1. The first-order chi connectivity index (χ1) is 9.22. The molecule has 0 atom stereocenters. The van der Waals surface area contributed by atoms with Crippen LogP contribution in [0.15, 0.2) is 0 Å². The van der Waals surface area contributed by atoms with Crippen LogP contribution in [0.2, 0.25) is 0 Å². The molecule has 8 heteroatoms. The van der Waals surface area contributed by atoms with E-state index in [1.54, 1.807) is 0 Å². The average molecular weight is 285 g/mol. The van der Waals surface area contributed by atoms with Crippen molar-refractivity contribution in [2.75, 3.05) is 25.1 Å². The van der Waals surface area contributed by atoms with E-state index in [0.717, 1.165) is 37.5 Å². The van der Waals surface area contributed by atoms with Gasteiger partial charge in [0, 0.05) is 0 Å². The van der Waals surface area contributed by atoms with Gasteiger partial charge in [-0.2, -0.15) is 0 Å². The Labute approximate surface area is 116 Å². The molecule has 0 radical (unpaired) electrons. The van der Waals surface area contributed by atoms with Crippen LogP contribution in [0.25, 0.3) is 0 Å². The van der Waals surface area contributed by atoms with Crippen LogP contribution >= 0.6 is 11.3 Å². The van der Waals surface area contributed by atoms with Gasteiger partial charge in [-0.3, -0.25) is 15.1 Å². The molecule has 1 aromatic heterocycles. The number of carbonyl (C=O) groups is 1. The summed E-state index contributed by atoms with van der Waals surface area (Å²) in [6.07, 6.45) is 1.69. The van der Waals surface area contributed by atoms with Crippen molar-refractivity contribution < 1.29 is 9.53 Å². The minimum absolute atomic E-state index is 0.0480. The van der Waals surface area contributed by atoms with Gasteiger partial charge < -0.3 is 4.74 Å². The van der Waals surface area contributed by atoms with E-state index >= 15 is 0 Å². The lowest BCUT2D eigenvalue weighted by Gasteiger charge is -2.29. The second kappa shape index (κ2) is 6.78. The molecular weight excluding hydrogens is 266 g/mol. The van der Waals surface area contributed by atoms with E-state index in [0.29, 0.717) is 11.7 Å². The minimum atomic E-state index is -0.0623. The Bertz CT molecular complexity index is 417. The summed E-state index contributed by atoms with van der Waals surface area (Å²) >= 11 is 1.45. The molecule has 0 unspecified atom stereocenters. The number of esters is 1. The van der Waals surface area contributed by atoms with Gasteiger partial charge in [0.2, 0.25) is 5.13 Å². The van der Waals surface area contributed by atoms with Crippen LogP contribution < -0.4 is 11.3 Å². The standard InChI is InChI=1S/C11H19N5O2S/c1-2-18-10(17)8-3-5-16(6-4-8)7-9-14-15-11(13-12)19-9/h8H,2-7,12H2,1H3,(H,13,15). The van der Waals surface area contributed by atoms with Crippen LogP contribution in [-0.2, 0) is 16.1 Å². The molecule has 106 valence electrons. The van der Waals surface area contributed by atoms with Crippen molar-refractivity contribution in [2.24, 2.45) is 11.8 Å². The number of nitrogens with zero attached hydrogens (tertiary/aromatic N) is 3. The van der Waals surface area contributed by atoms with Crippen molar-refractivity contribution in [3.8, 4) is 0 Å². The number of rotatable bonds is 5. The topological polar surface area (TPSA) is 93.4 Å². The predicted octanol–water partition coefficient (Wildman–Crippen LogP) is 0.599. The van der Waals surface area contributed by atoms with E-state index in [2.05, 4.69) is 20.5 Å². The number of anilines is 1. The van der Waals surface area contributed by atoms with Crippen molar-refractivity contribution in [1.29, 1.82) is 0 Å². The van der Waals surface area contributed by atoms with Gasteiger partial charge in [0.15, 0.2) is 0 Å². The molecule has 2 rings (SSSR count). The molecule has 0 aliphatic carbocycles. The molecule has 1 aliphatic rings. The monoisotopic (exact) mass is 285 g/mol. The number of nitrogen functional groups attached to an aromatic ring is 1. The SMILES string of the molecule is CCOC(=O)C1CCN(Cc2nnc(NN)s2)CC1. The van der Waals surface area contributed by atoms with Gasteiger partial charge in [-0.05, 0) is 32.9 Å². The van der Waals surface area contributed by atoms with Crippen molar-refractivity contribution in [3.63, 3.8) is 0 Å². The molecule has 0 spiro atoms. The van der Waals surface area contributed by atoms with Crippen LogP contribution in [0.5, 0.6) is 0 Å². The third kappa shape index (κ3) is 3.85. The summed E-state index contributed by atoms with van der Waals surface area (Å²) in [5.41, 5.74) is 2.49. The number of hydrogen-bond acceptors (Lipinski definition) is 8. The maximum Gasteiger partial charge on any atom is 0.309 e. The molecular formula is C11H19N5O2S. The lowest BCUT2D eigenvalue weighted by atomic mass is 9.97. The molecule has 1 saturated heterocycles. The Hall–Kier alpha value is -1.25. The molecule has 7 nitrogen and oxygen atoms in total. The number of nitrogens with two attached hydrogens (primary N) is 1. The molecule has 0 saturated carbocycles. The van der Waals surface area contributed by atoms with Gasteiger partial charge in [-0.15, -0.1) is 10.2 Å². The zero-order valence-electron chi connectivity index (χ0n) is 11.0. The molecule has 2 heterocycles. The molecule has 0 amide bonds. The van der Waals surface area contributed by atoms with E-state index in [-0.39, 0.29) is 11.9 Å². The van der Waals surface area contributed by atoms with Gasteiger partial charge in [0.25, 0.3) is 0 Å².